The minimum Gasteiger partial charge on any atom is -0.226 e. The van der Waals surface area contributed by atoms with E-state index < -0.39 is 14.4 Å². The van der Waals surface area contributed by atoms with Crippen LogP contribution in [0.2, 0.25) is 0 Å². The first-order chi connectivity index (χ1) is 3.13. The third-order valence-electron chi connectivity index (χ3n) is 0.0756. The van der Waals surface area contributed by atoms with E-state index in [1.807, 2.05) is 22.0 Å². The number of hydrogen-bond donors (Lipinski definition) is 0. The van der Waals surface area contributed by atoms with Crippen LogP contribution < -0.4 is 0 Å². The molecular formula is H3FIP3. The predicted molar refractivity (Wildman–Crippen MR) is 40.1 cm³/mol. The summed E-state index contributed by atoms with van der Waals surface area (Å²) < 4.78 is 24.8. The Morgan fingerprint density at radius 2 is 3.00 bits per heavy atom. The van der Waals surface area contributed by atoms with E-state index in [-0.39, 0.29) is 7.96 Å². The van der Waals surface area contributed by atoms with E-state index in [1.54, 1.807) is 0 Å². The number of hydrogen-bond acceptors (Lipinski definition) is 0. The highest BCUT2D eigenvalue weighted by molar-refractivity contribution is 14.2. The molecule has 0 amide bonds. The molecule has 0 heterocycles. The Hall–Kier alpha value is 1.95. The predicted octanol–water partition coefficient (Wildman–Crippen LogP) is 3.09. The Labute approximate surface area is 51.4 Å². The Bertz CT molecular complexity index is 42.2. The van der Waals surface area contributed by atoms with Crippen molar-refractivity contribution in [3.8, 4) is 0 Å². The van der Waals surface area contributed by atoms with Crippen LogP contribution >= 0.6 is 44.4 Å². The van der Waals surface area contributed by atoms with Crippen molar-refractivity contribution in [2.45, 2.75) is 0 Å². The van der Waals surface area contributed by atoms with Crippen molar-refractivity contribution < 1.29 is 4.20 Å². The lowest BCUT2D eigenvalue weighted by molar-refractivity contribution is 0.936. The lowest BCUT2D eigenvalue weighted by Gasteiger charge is -1.75. The first-order valence-electron chi connectivity index (χ1n) is 1.68. The van der Waals surface area contributed by atoms with Crippen LogP contribution in [-0.2, 0) is 0 Å². The van der Waals surface area contributed by atoms with Crippen molar-refractivity contribution in [2.75, 3.05) is 0 Å². The molecule has 3 unspecified atom stereocenters. The normalized spacial score (nSPS) is 29.2. The van der Waals surface area contributed by atoms with Gasteiger partial charge in [-0.05, 0) is 13.8 Å². The first-order valence-corrected chi connectivity index (χ1v) is 7.93. The van der Waals surface area contributed by atoms with Crippen molar-refractivity contribution in [3.05, 3.63) is 0 Å². The molecule has 0 aromatic carbocycles. The molecule has 0 aromatic rings. The zero-order valence-electron chi connectivity index (χ0n) is 4.15. The van der Waals surface area contributed by atoms with Crippen LogP contribution in [0.25, 0.3) is 0 Å². The van der Waals surface area contributed by atoms with E-state index in [0.717, 1.165) is 0 Å². The van der Waals surface area contributed by atoms with E-state index in [2.05, 4.69) is 0 Å². The maximum absolute atomic E-state index is 11.6. The summed E-state index contributed by atoms with van der Waals surface area (Å²) in [5.74, 6) is -0.926. The topological polar surface area (TPSA) is 0 Å². The fraction of sp³-hybridized carbons (Fsp3) is 0. The van der Waals surface area contributed by atoms with Gasteiger partial charge in [0.2, 0.25) is 0 Å². The van der Waals surface area contributed by atoms with Crippen LogP contribution in [0.3, 0.4) is 0 Å². The van der Waals surface area contributed by atoms with Gasteiger partial charge in [-0.1, -0.05) is 22.0 Å². The quantitative estimate of drug-likeness (QED) is 0.517. The SMILES string of the molecule is [2H]P(I)PP([3H])F. The summed E-state index contributed by atoms with van der Waals surface area (Å²) in [6, 6.07) is 0. The first kappa shape index (κ1) is 3.89. The molecule has 0 aliphatic heterocycles. The molecule has 0 aliphatic carbocycles. The molecule has 5 heteroatoms. The van der Waals surface area contributed by atoms with Gasteiger partial charge in [0, 0.05) is 0 Å². The van der Waals surface area contributed by atoms with Crippen molar-refractivity contribution in [3.63, 3.8) is 0 Å². The standard InChI is InChI=1S/FH3IP3/c1-3-5-4-2/h3-5H/i3T,4D. The highest BCUT2D eigenvalue weighted by Gasteiger charge is 1.72. The van der Waals surface area contributed by atoms with E-state index >= 15 is 0 Å². The van der Waals surface area contributed by atoms with Gasteiger partial charge in [-0.15, -0.1) is 0 Å². The second-order valence-electron chi connectivity index (χ2n) is 0.269. The zero-order valence-corrected chi connectivity index (χ0v) is 7.10. The smallest absolute Gasteiger partial charge is 0.0992 e. The minimum atomic E-state index is -2.03. The van der Waals surface area contributed by atoms with Crippen LogP contribution in [-0.4, -0.2) is 2.56 Å². The summed E-state index contributed by atoms with van der Waals surface area (Å²) in [5, 5.41) is 0. The summed E-state index contributed by atoms with van der Waals surface area (Å²) in [7, 11) is -2.10. The maximum Gasteiger partial charge on any atom is 0.0992 e. The molecular weight excluding hydrogens is 239 g/mol. The molecule has 0 aliphatic rings. The van der Waals surface area contributed by atoms with E-state index in [0.29, 0.717) is 0 Å². The largest absolute Gasteiger partial charge is 0.226 e. The molecule has 3 atom stereocenters. The second kappa shape index (κ2) is 5.95. The van der Waals surface area contributed by atoms with E-state index in [4.69, 9.17) is 2.56 Å². The molecule has 0 saturated carbocycles. The third kappa shape index (κ3) is 5.95. The summed E-state index contributed by atoms with van der Waals surface area (Å²) in [6.45, 7) is 0. The van der Waals surface area contributed by atoms with Crippen LogP contribution in [0.4, 0.5) is 4.20 Å². The zero-order chi connectivity index (χ0) is 5.86. The Balaban J connectivity index is 2.95. The average molecular weight is 245 g/mol. The van der Waals surface area contributed by atoms with Crippen molar-refractivity contribution in [1.29, 1.82) is 2.56 Å². The van der Waals surface area contributed by atoms with Gasteiger partial charge in [0.1, 0.15) is 0 Å². The van der Waals surface area contributed by atoms with Gasteiger partial charge in [-0.25, -0.2) is 4.20 Å². The van der Waals surface area contributed by atoms with Crippen molar-refractivity contribution >= 4 is 44.4 Å². The summed E-state index contributed by atoms with van der Waals surface area (Å²) in [5.41, 5.74) is 0. The van der Waals surface area contributed by atoms with Gasteiger partial charge < -0.3 is 0 Å². The van der Waals surface area contributed by atoms with Gasteiger partial charge in [0.05, 0.1) is 11.1 Å². The number of halogens is 2. The molecule has 0 saturated heterocycles. The fourth-order valence-corrected chi connectivity index (χ4v) is 2.59. The molecule has 32 valence electrons. The summed E-state index contributed by atoms with van der Waals surface area (Å²) in [6.07, 6.45) is 0. The molecule has 0 aromatic heterocycles. The van der Waals surface area contributed by atoms with Gasteiger partial charge in [-0.3, -0.25) is 0 Å². The molecule has 0 radical (unpaired) electrons. The molecule has 0 nitrogen and oxygen atoms in total. The van der Waals surface area contributed by atoms with Crippen LogP contribution in [0, 0.1) is 0 Å². The van der Waals surface area contributed by atoms with Gasteiger partial charge >= 0.3 is 0 Å². The van der Waals surface area contributed by atoms with Crippen LogP contribution in [0.1, 0.15) is 0 Å². The van der Waals surface area contributed by atoms with Crippen molar-refractivity contribution in [1.82, 2.24) is 0 Å². The van der Waals surface area contributed by atoms with E-state index in [1.165, 1.54) is 0 Å². The summed E-state index contributed by atoms with van der Waals surface area (Å²) >= 11 is 1.86. The fourth-order valence-electron chi connectivity index (χ4n) is 0.0143. The number of rotatable bonds is 2. The maximum atomic E-state index is 11.6. The van der Waals surface area contributed by atoms with Gasteiger partial charge in [0.25, 0.3) is 0 Å². The Kier molecular flexibility index (Phi) is 4.63. The molecule has 0 rings (SSSR count). The molecule has 0 spiro atoms. The molecule has 5 heavy (non-hydrogen) atoms. The highest BCUT2D eigenvalue weighted by atomic mass is 127. The molecule has 0 bridgehead atoms. The second-order valence-corrected chi connectivity index (χ2v) is 8.56. The van der Waals surface area contributed by atoms with Crippen molar-refractivity contribution in [2.24, 2.45) is 0 Å². The molecule has 0 fully saturated rings. The average Bonchev–Trinajstić information content (AvgIpc) is 1.27. The lowest BCUT2D eigenvalue weighted by Crippen LogP contribution is -0.919. The van der Waals surface area contributed by atoms with E-state index in [9.17, 15) is 4.20 Å². The third-order valence-corrected chi connectivity index (χ3v) is 7.87. The Morgan fingerprint density at radius 1 is 2.40 bits per heavy atom. The van der Waals surface area contributed by atoms with Gasteiger partial charge in [-0.2, -0.15) is 0 Å². The lowest BCUT2D eigenvalue weighted by atomic mass is 18.9. The van der Waals surface area contributed by atoms with Gasteiger partial charge in [0.15, 0.2) is 0 Å². The summed E-state index contributed by atoms with van der Waals surface area (Å²) in [4.78, 5) is 0. The van der Waals surface area contributed by atoms with Crippen LogP contribution in [0.5, 0.6) is 0 Å². The minimum absolute atomic E-state index is 0.0720. The molecule has 0 N–H and O–H groups in total. The highest BCUT2D eigenvalue weighted by Crippen LogP contribution is 2.57. The Morgan fingerprint density at radius 3 is 3.00 bits per heavy atom. The monoisotopic (exact) mass is 245 g/mol. The van der Waals surface area contributed by atoms with Crippen LogP contribution in [0.15, 0.2) is 0 Å².